The van der Waals surface area contributed by atoms with E-state index >= 15 is 0 Å². The van der Waals surface area contributed by atoms with Gasteiger partial charge in [-0.25, -0.2) is 4.79 Å². The average molecular weight is 365 g/mol. The number of carbonyl (C=O) groups is 2. The molecule has 0 N–H and O–H groups in total. The van der Waals surface area contributed by atoms with Gasteiger partial charge in [-0.3, -0.25) is 4.79 Å². The Morgan fingerprint density at radius 3 is 2.33 bits per heavy atom. The van der Waals surface area contributed by atoms with Crippen molar-refractivity contribution >= 4 is 17.4 Å². The minimum absolute atomic E-state index is 0.196. The van der Waals surface area contributed by atoms with Crippen LogP contribution in [0, 0.1) is 0 Å². The van der Waals surface area contributed by atoms with Crippen molar-refractivity contribution in [2.75, 3.05) is 19.7 Å². The zero-order chi connectivity index (χ0) is 19.1. The summed E-state index contributed by atoms with van der Waals surface area (Å²) in [6.07, 6.45) is 2.07. The second-order valence-corrected chi connectivity index (χ2v) is 6.37. The first kappa shape index (κ1) is 18.7. The van der Waals surface area contributed by atoms with Crippen LogP contribution in [0.1, 0.15) is 18.9 Å². The molecule has 0 aliphatic carbocycles. The molecule has 0 spiro atoms. The Hall–Kier alpha value is -3.08. The molecule has 3 rings (SSSR count). The van der Waals surface area contributed by atoms with Gasteiger partial charge in [-0.2, -0.15) is 0 Å². The van der Waals surface area contributed by atoms with Gasteiger partial charge in [0.1, 0.15) is 5.75 Å². The van der Waals surface area contributed by atoms with E-state index < -0.39 is 12.1 Å². The minimum Gasteiger partial charge on any atom is -0.479 e. The van der Waals surface area contributed by atoms with Crippen LogP contribution in [0.3, 0.4) is 0 Å². The lowest BCUT2D eigenvalue weighted by Gasteiger charge is -2.26. The third-order valence-corrected chi connectivity index (χ3v) is 4.43. The maximum atomic E-state index is 12.3. The quantitative estimate of drug-likeness (QED) is 0.737. The number of rotatable bonds is 6. The van der Waals surface area contributed by atoms with Crippen LogP contribution in [0.2, 0.25) is 0 Å². The van der Waals surface area contributed by atoms with Crippen molar-refractivity contribution in [1.82, 2.24) is 4.90 Å². The van der Waals surface area contributed by atoms with Crippen molar-refractivity contribution in [1.29, 1.82) is 0 Å². The Bertz CT molecular complexity index is 802. The van der Waals surface area contributed by atoms with E-state index in [1.165, 1.54) is 11.1 Å². The van der Waals surface area contributed by atoms with Crippen molar-refractivity contribution in [3.63, 3.8) is 0 Å². The summed E-state index contributed by atoms with van der Waals surface area (Å²) in [6, 6.07) is 19.2. The number of para-hydroxylation sites is 1. The maximum absolute atomic E-state index is 12.3. The third-order valence-electron chi connectivity index (χ3n) is 4.43. The summed E-state index contributed by atoms with van der Waals surface area (Å²) in [5.41, 5.74) is 2.42. The number of nitrogens with zero attached hydrogens (tertiary/aromatic N) is 1. The van der Waals surface area contributed by atoms with E-state index in [0.717, 1.165) is 6.42 Å². The van der Waals surface area contributed by atoms with Crippen LogP contribution in [0.15, 0.2) is 66.7 Å². The molecule has 0 aromatic heterocycles. The Morgan fingerprint density at radius 1 is 1.04 bits per heavy atom. The van der Waals surface area contributed by atoms with Gasteiger partial charge in [-0.05, 0) is 36.6 Å². The molecule has 2 aromatic carbocycles. The largest absolute Gasteiger partial charge is 0.479 e. The average Bonchev–Trinajstić information content (AvgIpc) is 2.73. The van der Waals surface area contributed by atoms with Gasteiger partial charge in [0.2, 0.25) is 0 Å². The molecule has 1 atom stereocenters. The van der Waals surface area contributed by atoms with Crippen LogP contribution in [-0.4, -0.2) is 42.6 Å². The van der Waals surface area contributed by atoms with Gasteiger partial charge in [0, 0.05) is 13.1 Å². The number of hydrogen-bond donors (Lipinski definition) is 0. The van der Waals surface area contributed by atoms with Gasteiger partial charge in [-0.1, -0.05) is 54.6 Å². The lowest BCUT2D eigenvalue weighted by molar-refractivity contribution is -0.157. The number of esters is 1. The zero-order valence-electron chi connectivity index (χ0n) is 15.3. The maximum Gasteiger partial charge on any atom is 0.347 e. The fourth-order valence-corrected chi connectivity index (χ4v) is 2.90. The van der Waals surface area contributed by atoms with Gasteiger partial charge >= 0.3 is 5.97 Å². The molecule has 0 saturated heterocycles. The van der Waals surface area contributed by atoms with Crippen LogP contribution < -0.4 is 4.74 Å². The highest BCUT2D eigenvalue weighted by Gasteiger charge is 2.22. The van der Waals surface area contributed by atoms with E-state index in [-0.39, 0.29) is 12.5 Å². The molecule has 27 heavy (non-hydrogen) atoms. The van der Waals surface area contributed by atoms with Crippen LogP contribution in [0.25, 0.3) is 5.57 Å². The fraction of sp³-hybridized carbons (Fsp3) is 0.273. The van der Waals surface area contributed by atoms with Crippen molar-refractivity contribution in [2.45, 2.75) is 19.4 Å². The number of hydrogen-bond acceptors (Lipinski definition) is 4. The van der Waals surface area contributed by atoms with Crippen LogP contribution in [0.4, 0.5) is 0 Å². The molecule has 5 nitrogen and oxygen atoms in total. The Morgan fingerprint density at radius 2 is 1.70 bits per heavy atom. The van der Waals surface area contributed by atoms with Gasteiger partial charge in [0.05, 0.1) is 0 Å². The molecule has 2 aromatic rings. The first-order valence-corrected chi connectivity index (χ1v) is 9.04. The Balaban J connectivity index is 1.45. The monoisotopic (exact) mass is 365 g/mol. The lowest BCUT2D eigenvalue weighted by Crippen LogP contribution is -2.38. The van der Waals surface area contributed by atoms with Crippen LogP contribution in [0.5, 0.6) is 5.75 Å². The van der Waals surface area contributed by atoms with Gasteiger partial charge < -0.3 is 14.4 Å². The molecular weight excluding hydrogens is 342 g/mol. The van der Waals surface area contributed by atoms with Crippen molar-refractivity contribution < 1.29 is 19.1 Å². The van der Waals surface area contributed by atoms with E-state index in [1.807, 2.05) is 36.4 Å². The smallest absolute Gasteiger partial charge is 0.347 e. The second kappa shape index (κ2) is 9.03. The van der Waals surface area contributed by atoms with Gasteiger partial charge in [-0.15, -0.1) is 0 Å². The summed E-state index contributed by atoms with van der Waals surface area (Å²) < 4.78 is 10.6. The predicted octanol–water partition coefficient (Wildman–Crippen LogP) is 3.31. The number of amides is 1. The summed E-state index contributed by atoms with van der Waals surface area (Å²) in [7, 11) is 0. The van der Waals surface area contributed by atoms with Gasteiger partial charge in [0.15, 0.2) is 12.7 Å². The minimum atomic E-state index is -0.772. The fourth-order valence-electron chi connectivity index (χ4n) is 2.90. The van der Waals surface area contributed by atoms with E-state index in [0.29, 0.717) is 18.8 Å². The predicted molar refractivity (Wildman–Crippen MR) is 103 cm³/mol. The van der Waals surface area contributed by atoms with Crippen molar-refractivity contribution in [3.05, 3.63) is 72.3 Å². The summed E-state index contributed by atoms with van der Waals surface area (Å²) in [4.78, 5) is 26.0. The molecule has 1 heterocycles. The molecule has 0 fully saturated rings. The first-order valence-electron chi connectivity index (χ1n) is 9.04. The highest BCUT2D eigenvalue weighted by atomic mass is 16.6. The number of benzene rings is 2. The number of ether oxygens (including phenoxy) is 2. The third kappa shape index (κ3) is 5.20. The summed E-state index contributed by atoms with van der Waals surface area (Å²) >= 11 is 0. The standard InChI is InChI=1S/C22H23NO4/c1-17(27-20-10-6-3-7-11-20)22(25)26-16-21(24)23-14-12-19(13-15-23)18-8-4-2-5-9-18/h2-12,17H,13-16H2,1H3/t17-/m0/s1. The number of carbonyl (C=O) groups excluding carboxylic acids is 2. The molecule has 140 valence electrons. The molecule has 1 amide bonds. The SMILES string of the molecule is C[C@H](Oc1ccccc1)C(=O)OCC(=O)N1CC=C(c2ccccc2)CC1. The van der Waals surface area contributed by atoms with E-state index in [9.17, 15) is 9.59 Å². The Labute approximate surface area is 159 Å². The highest BCUT2D eigenvalue weighted by Crippen LogP contribution is 2.22. The molecule has 1 aliphatic heterocycles. The first-order chi connectivity index (χ1) is 13.1. The van der Waals surface area contributed by atoms with Crippen molar-refractivity contribution in [2.24, 2.45) is 0 Å². The lowest BCUT2D eigenvalue weighted by atomic mass is 10.00. The normalized spacial score (nSPS) is 14.9. The molecule has 0 bridgehead atoms. The highest BCUT2D eigenvalue weighted by molar-refractivity contribution is 5.83. The second-order valence-electron chi connectivity index (χ2n) is 6.37. The summed E-state index contributed by atoms with van der Waals surface area (Å²) in [6.45, 7) is 2.48. The zero-order valence-corrected chi connectivity index (χ0v) is 15.3. The van der Waals surface area contributed by atoms with Gasteiger partial charge in [0.25, 0.3) is 5.91 Å². The Kier molecular flexibility index (Phi) is 6.26. The summed E-state index contributed by atoms with van der Waals surface area (Å²) in [5.74, 6) is -0.161. The van der Waals surface area contributed by atoms with Crippen LogP contribution in [-0.2, 0) is 14.3 Å². The van der Waals surface area contributed by atoms with Crippen LogP contribution >= 0.6 is 0 Å². The molecule has 0 saturated carbocycles. The van der Waals surface area contributed by atoms with E-state index in [2.05, 4.69) is 18.2 Å². The van der Waals surface area contributed by atoms with E-state index in [4.69, 9.17) is 9.47 Å². The molecule has 1 aliphatic rings. The molecular formula is C22H23NO4. The van der Waals surface area contributed by atoms with Crippen molar-refractivity contribution in [3.8, 4) is 5.75 Å². The molecule has 5 heteroatoms. The summed E-state index contributed by atoms with van der Waals surface area (Å²) in [5, 5.41) is 0. The molecule has 0 unspecified atom stereocenters. The topological polar surface area (TPSA) is 55.8 Å². The van der Waals surface area contributed by atoms with E-state index in [1.54, 1.807) is 24.0 Å². The molecule has 0 radical (unpaired) electrons.